The van der Waals surface area contributed by atoms with Gasteiger partial charge in [0.1, 0.15) is 5.75 Å². The van der Waals surface area contributed by atoms with Gasteiger partial charge in [-0.3, -0.25) is 9.59 Å². The van der Waals surface area contributed by atoms with Gasteiger partial charge in [-0.1, -0.05) is 6.92 Å². The number of hydrogen-bond acceptors (Lipinski definition) is 3. The minimum Gasteiger partial charge on any atom is -0.493 e. The number of carbonyl (C=O) groups is 2. The molecule has 1 saturated heterocycles. The third kappa shape index (κ3) is 5.25. The number of nitrogens with zero attached hydrogens (tertiary/aromatic N) is 1. The van der Waals surface area contributed by atoms with Crippen molar-refractivity contribution in [2.45, 2.75) is 46.1 Å². The third-order valence-electron chi connectivity index (χ3n) is 4.20. The number of amides is 2. The fourth-order valence-electron chi connectivity index (χ4n) is 2.91. The average Bonchev–Trinajstić information content (AvgIpc) is 2.59. The van der Waals surface area contributed by atoms with Gasteiger partial charge >= 0.3 is 0 Å². The first-order valence-corrected chi connectivity index (χ1v) is 8.81. The van der Waals surface area contributed by atoms with E-state index in [0.29, 0.717) is 24.5 Å². The summed E-state index contributed by atoms with van der Waals surface area (Å²) >= 11 is 0. The highest BCUT2D eigenvalue weighted by molar-refractivity contribution is 5.94. The van der Waals surface area contributed by atoms with Crippen LogP contribution in [0.4, 0.5) is 0 Å². The van der Waals surface area contributed by atoms with Crippen LogP contribution in [-0.2, 0) is 4.79 Å². The average molecular weight is 332 g/mol. The molecular formula is C19H28N2O3. The van der Waals surface area contributed by atoms with Crippen molar-refractivity contribution in [1.82, 2.24) is 10.2 Å². The molecule has 1 atom stereocenters. The molecule has 132 valence electrons. The SMILES string of the molecule is CCC(=O)N1CCC[C@H](COc2ccc(C(=O)NC(C)C)cc2)C1. The Balaban J connectivity index is 1.84. The quantitative estimate of drug-likeness (QED) is 0.871. The Morgan fingerprint density at radius 1 is 1.29 bits per heavy atom. The lowest BCUT2D eigenvalue weighted by Gasteiger charge is -2.32. The topological polar surface area (TPSA) is 58.6 Å². The number of hydrogen-bond donors (Lipinski definition) is 1. The summed E-state index contributed by atoms with van der Waals surface area (Å²) in [5.41, 5.74) is 0.633. The van der Waals surface area contributed by atoms with Gasteiger partial charge in [-0.05, 0) is 51.0 Å². The minimum atomic E-state index is -0.0717. The summed E-state index contributed by atoms with van der Waals surface area (Å²) in [6.45, 7) is 8.02. The van der Waals surface area contributed by atoms with Gasteiger partial charge in [-0.25, -0.2) is 0 Å². The Labute approximate surface area is 144 Å². The van der Waals surface area contributed by atoms with E-state index in [1.807, 2.05) is 37.8 Å². The van der Waals surface area contributed by atoms with Crippen LogP contribution in [0.5, 0.6) is 5.75 Å². The molecule has 2 rings (SSSR count). The number of piperidine rings is 1. The number of nitrogens with one attached hydrogen (secondary N) is 1. The van der Waals surface area contributed by atoms with E-state index in [2.05, 4.69) is 5.32 Å². The van der Waals surface area contributed by atoms with Crippen LogP contribution in [0, 0.1) is 5.92 Å². The lowest BCUT2D eigenvalue weighted by atomic mass is 9.99. The number of rotatable bonds is 6. The van der Waals surface area contributed by atoms with Crippen molar-refractivity contribution in [2.24, 2.45) is 5.92 Å². The Morgan fingerprint density at radius 2 is 2.00 bits per heavy atom. The number of likely N-dealkylation sites (tertiary alicyclic amines) is 1. The molecule has 0 aromatic heterocycles. The molecule has 0 radical (unpaired) electrons. The summed E-state index contributed by atoms with van der Waals surface area (Å²) in [4.78, 5) is 25.7. The first kappa shape index (κ1) is 18.3. The third-order valence-corrected chi connectivity index (χ3v) is 4.20. The van der Waals surface area contributed by atoms with Gasteiger partial charge in [0.2, 0.25) is 5.91 Å². The van der Waals surface area contributed by atoms with Crippen molar-refractivity contribution >= 4 is 11.8 Å². The van der Waals surface area contributed by atoms with E-state index >= 15 is 0 Å². The van der Waals surface area contributed by atoms with Crippen LogP contribution in [0.25, 0.3) is 0 Å². The zero-order chi connectivity index (χ0) is 17.5. The Kier molecular flexibility index (Phi) is 6.64. The number of benzene rings is 1. The first-order chi connectivity index (χ1) is 11.5. The van der Waals surface area contributed by atoms with Crippen molar-refractivity contribution in [3.8, 4) is 5.75 Å². The molecule has 1 fully saturated rings. The summed E-state index contributed by atoms with van der Waals surface area (Å²) in [5, 5.41) is 2.87. The Morgan fingerprint density at radius 3 is 2.62 bits per heavy atom. The lowest BCUT2D eigenvalue weighted by molar-refractivity contribution is -0.132. The van der Waals surface area contributed by atoms with Crippen molar-refractivity contribution < 1.29 is 14.3 Å². The van der Waals surface area contributed by atoms with Gasteiger partial charge in [0, 0.05) is 37.0 Å². The molecule has 0 spiro atoms. The van der Waals surface area contributed by atoms with E-state index in [1.165, 1.54) is 0 Å². The zero-order valence-corrected chi connectivity index (χ0v) is 14.9. The van der Waals surface area contributed by atoms with Crippen LogP contribution in [0.3, 0.4) is 0 Å². The number of carbonyl (C=O) groups excluding carboxylic acids is 2. The van der Waals surface area contributed by atoms with Crippen LogP contribution in [0.1, 0.15) is 50.4 Å². The summed E-state index contributed by atoms with van der Waals surface area (Å²) in [7, 11) is 0. The van der Waals surface area contributed by atoms with Crippen LogP contribution in [-0.4, -0.2) is 42.5 Å². The molecule has 1 N–H and O–H groups in total. The molecule has 1 aliphatic rings. The highest BCUT2D eigenvalue weighted by atomic mass is 16.5. The first-order valence-electron chi connectivity index (χ1n) is 8.81. The van der Waals surface area contributed by atoms with E-state index in [1.54, 1.807) is 12.1 Å². The van der Waals surface area contributed by atoms with E-state index in [-0.39, 0.29) is 17.9 Å². The summed E-state index contributed by atoms with van der Waals surface area (Å²) in [6.07, 6.45) is 2.68. The van der Waals surface area contributed by atoms with Gasteiger partial charge in [0.25, 0.3) is 5.91 Å². The van der Waals surface area contributed by atoms with E-state index in [4.69, 9.17) is 4.74 Å². The summed E-state index contributed by atoms with van der Waals surface area (Å²) in [6, 6.07) is 7.33. The molecule has 1 heterocycles. The molecule has 0 aliphatic carbocycles. The fraction of sp³-hybridized carbons (Fsp3) is 0.579. The Hall–Kier alpha value is -2.04. The van der Waals surface area contributed by atoms with Gasteiger partial charge in [-0.15, -0.1) is 0 Å². The normalized spacial score (nSPS) is 17.7. The van der Waals surface area contributed by atoms with Crippen LogP contribution < -0.4 is 10.1 Å². The molecule has 0 bridgehead atoms. The van der Waals surface area contributed by atoms with Gasteiger partial charge in [0.05, 0.1) is 6.61 Å². The summed E-state index contributed by atoms with van der Waals surface area (Å²) < 4.78 is 5.85. The maximum Gasteiger partial charge on any atom is 0.251 e. The second kappa shape index (κ2) is 8.71. The standard InChI is InChI=1S/C19H28N2O3/c1-4-18(22)21-11-5-6-15(12-21)13-24-17-9-7-16(8-10-17)19(23)20-14(2)3/h7-10,14-15H,4-6,11-13H2,1-3H3,(H,20,23)/t15-/m0/s1. The summed E-state index contributed by atoms with van der Waals surface area (Å²) in [5.74, 6) is 1.28. The van der Waals surface area contributed by atoms with Crippen molar-refractivity contribution in [2.75, 3.05) is 19.7 Å². The molecule has 1 aliphatic heterocycles. The fourth-order valence-corrected chi connectivity index (χ4v) is 2.91. The van der Waals surface area contributed by atoms with Crippen molar-refractivity contribution in [1.29, 1.82) is 0 Å². The molecule has 0 unspecified atom stereocenters. The molecule has 1 aromatic rings. The molecule has 24 heavy (non-hydrogen) atoms. The molecule has 0 saturated carbocycles. The molecule has 5 nitrogen and oxygen atoms in total. The maximum atomic E-state index is 11.9. The Bertz CT molecular complexity index is 554. The smallest absolute Gasteiger partial charge is 0.251 e. The second-order valence-corrected chi connectivity index (χ2v) is 6.67. The molecule has 5 heteroatoms. The molecule has 1 aromatic carbocycles. The van der Waals surface area contributed by atoms with E-state index in [9.17, 15) is 9.59 Å². The lowest BCUT2D eigenvalue weighted by Crippen LogP contribution is -2.41. The molecular weight excluding hydrogens is 304 g/mol. The highest BCUT2D eigenvalue weighted by Gasteiger charge is 2.23. The van der Waals surface area contributed by atoms with Crippen molar-refractivity contribution in [3.05, 3.63) is 29.8 Å². The van der Waals surface area contributed by atoms with E-state index in [0.717, 1.165) is 31.7 Å². The molecule has 2 amide bonds. The minimum absolute atomic E-state index is 0.0717. The van der Waals surface area contributed by atoms with Crippen molar-refractivity contribution in [3.63, 3.8) is 0 Å². The van der Waals surface area contributed by atoms with Gasteiger partial charge in [-0.2, -0.15) is 0 Å². The van der Waals surface area contributed by atoms with E-state index < -0.39 is 0 Å². The van der Waals surface area contributed by atoms with Crippen LogP contribution in [0.2, 0.25) is 0 Å². The second-order valence-electron chi connectivity index (χ2n) is 6.67. The van der Waals surface area contributed by atoms with Crippen LogP contribution >= 0.6 is 0 Å². The largest absolute Gasteiger partial charge is 0.493 e. The zero-order valence-electron chi connectivity index (χ0n) is 14.9. The highest BCUT2D eigenvalue weighted by Crippen LogP contribution is 2.20. The van der Waals surface area contributed by atoms with Crippen LogP contribution in [0.15, 0.2) is 24.3 Å². The van der Waals surface area contributed by atoms with Gasteiger partial charge in [0.15, 0.2) is 0 Å². The monoisotopic (exact) mass is 332 g/mol. The number of ether oxygens (including phenoxy) is 1. The predicted molar refractivity (Wildman–Crippen MR) is 94.1 cm³/mol. The maximum absolute atomic E-state index is 11.9. The predicted octanol–water partition coefficient (Wildman–Crippen LogP) is 2.85. The van der Waals surface area contributed by atoms with Gasteiger partial charge < -0.3 is 15.0 Å².